The molecular weight excluding hydrogens is 376 g/mol. The summed E-state index contributed by atoms with van der Waals surface area (Å²) in [5, 5.41) is 0. The second-order valence-corrected chi connectivity index (χ2v) is 9.67. The Morgan fingerprint density at radius 1 is 1.14 bits per heavy atom. The number of aryl methyl sites for hydroxylation is 3. The van der Waals surface area contributed by atoms with E-state index in [0.717, 1.165) is 12.8 Å². The van der Waals surface area contributed by atoms with Crippen molar-refractivity contribution in [1.82, 2.24) is 13.8 Å². The van der Waals surface area contributed by atoms with E-state index < -0.39 is 15.9 Å². The highest BCUT2D eigenvalue weighted by atomic mass is 32.2. The normalized spacial score (nSPS) is 21.0. The van der Waals surface area contributed by atoms with Crippen molar-refractivity contribution in [3.05, 3.63) is 52.8 Å². The highest BCUT2D eigenvalue weighted by molar-refractivity contribution is 7.89. The summed E-state index contributed by atoms with van der Waals surface area (Å²) in [7, 11) is -2.01. The van der Waals surface area contributed by atoms with Gasteiger partial charge in [-0.15, -0.1) is 0 Å². The van der Waals surface area contributed by atoms with E-state index in [1.54, 1.807) is 7.05 Å². The molecule has 2 heterocycles. The second kappa shape index (κ2) is 7.02. The van der Waals surface area contributed by atoms with Gasteiger partial charge in [0.05, 0.1) is 0 Å². The van der Waals surface area contributed by atoms with Gasteiger partial charge >= 0.3 is 0 Å². The fourth-order valence-corrected chi connectivity index (χ4v) is 5.92. The highest BCUT2D eigenvalue weighted by Crippen LogP contribution is 2.37. The zero-order chi connectivity index (χ0) is 20.1. The summed E-state index contributed by atoms with van der Waals surface area (Å²) in [5.74, 6) is -0.635. The molecule has 1 atom stereocenters. The van der Waals surface area contributed by atoms with E-state index in [4.69, 9.17) is 5.73 Å². The maximum Gasteiger partial charge on any atom is 0.265 e. The molecule has 0 saturated carbocycles. The van der Waals surface area contributed by atoms with Gasteiger partial charge in [-0.2, -0.15) is 4.31 Å². The van der Waals surface area contributed by atoms with Crippen LogP contribution in [0.3, 0.4) is 0 Å². The van der Waals surface area contributed by atoms with Crippen molar-refractivity contribution in [2.75, 3.05) is 26.2 Å². The molecule has 0 radical (unpaired) electrons. The van der Waals surface area contributed by atoms with Crippen molar-refractivity contribution in [3.8, 4) is 0 Å². The molecule has 7 nitrogen and oxygen atoms in total. The molecule has 2 aliphatic rings. The van der Waals surface area contributed by atoms with Gasteiger partial charge in [0.15, 0.2) is 0 Å². The molecule has 1 aromatic heterocycles. The summed E-state index contributed by atoms with van der Waals surface area (Å²) in [6.45, 7) is 4.41. The van der Waals surface area contributed by atoms with E-state index in [1.165, 1.54) is 37.8 Å². The number of nitrogens with zero attached hydrogens (tertiary/aromatic N) is 3. The molecule has 150 valence electrons. The fourth-order valence-electron chi connectivity index (χ4n) is 4.43. The first kappa shape index (κ1) is 19.2. The number of amides is 1. The van der Waals surface area contributed by atoms with Gasteiger partial charge in [-0.3, -0.25) is 9.69 Å². The van der Waals surface area contributed by atoms with Gasteiger partial charge < -0.3 is 10.3 Å². The van der Waals surface area contributed by atoms with Crippen LogP contribution in [0.2, 0.25) is 0 Å². The van der Waals surface area contributed by atoms with Crippen LogP contribution in [0.15, 0.2) is 35.4 Å². The lowest BCUT2D eigenvalue weighted by molar-refractivity contribution is 0.0992. The van der Waals surface area contributed by atoms with Crippen LogP contribution < -0.4 is 5.73 Å². The summed E-state index contributed by atoms with van der Waals surface area (Å²) in [6.07, 6.45) is 3.63. The molecule has 1 saturated heterocycles. The molecule has 0 spiro atoms. The number of primary amides is 1. The van der Waals surface area contributed by atoms with E-state index in [0.29, 0.717) is 32.2 Å². The standard InChI is InChI=1S/C20H26N4O3S/c1-14-3-5-17-15(11-14)4-6-18(17)23-7-9-24(10-8-23)28(26,27)16-12-19(20(21)25)22(2)13-16/h3,5,11-13,18H,4,6-10H2,1-2H3,(H2,21,25)/t18-/m1/s1. The van der Waals surface area contributed by atoms with Crippen LogP contribution in [0.4, 0.5) is 0 Å². The number of fused-ring (bicyclic) bond motifs is 1. The summed E-state index contributed by atoms with van der Waals surface area (Å²) < 4.78 is 28.9. The van der Waals surface area contributed by atoms with E-state index in [9.17, 15) is 13.2 Å². The molecule has 2 aromatic rings. The molecule has 0 unspecified atom stereocenters. The molecule has 28 heavy (non-hydrogen) atoms. The summed E-state index contributed by atoms with van der Waals surface area (Å²) in [6, 6.07) is 8.38. The quantitative estimate of drug-likeness (QED) is 0.838. The third-order valence-electron chi connectivity index (χ3n) is 5.93. The van der Waals surface area contributed by atoms with Crippen LogP contribution in [0.25, 0.3) is 0 Å². The monoisotopic (exact) mass is 402 g/mol. The number of hydrogen-bond acceptors (Lipinski definition) is 4. The maximum atomic E-state index is 13.0. The first-order chi connectivity index (χ1) is 13.3. The maximum absolute atomic E-state index is 13.0. The van der Waals surface area contributed by atoms with E-state index in [-0.39, 0.29) is 10.6 Å². The Labute approximate surface area is 165 Å². The number of sulfonamides is 1. The predicted octanol–water partition coefficient (Wildman–Crippen LogP) is 1.43. The number of carbonyl (C=O) groups excluding carboxylic acids is 1. The molecule has 2 N–H and O–H groups in total. The third-order valence-corrected chi connectivity index (χ3v) is 7.79. The van der Waals surface area contributed by atoms with Gasteiger partial charge in [-0.05, 0) is 37.0 Å². The van der Waals surface area contributed by atoms with Crippen molar-refractivity contribution in [1.29, 1.82) is 0 Å². The number of aromatic nitrogens is 1. The van der Waals surface area contributed by atoms with Gasteiger partial charge in [0.2, 0.25) is 10.0 Å². The van der Waals surface area contributed by atoms with Gasteiger partial charge in [-0.1, -0.05) is 23.8 Å². The smallest absolute Gasteiger partial charge is 0.265 e. The minimum Gasteiger partial charge on any atom is -0.364 e. The van der Waals surface area contributed by atoms with Crippen LogP contribution in [-0.2, 0) is 23.5 Å². The SMILES string of the molecule is Cc1ccc2c(c1)CC[C@H]2N1CCN(S(=O)(=O)c2cc(C(N)=O)n(C)c2)CC1. The largest absolute Gasteiger partial charge is 0.364 e. The zero-order valence-corrected chi connectivity index (χ0v) is 17.1. The molecule has 4 rings (SSSR count). The molecule has 1 aromatic carbocycles. The van der Waals surface area contributed by atoms with Gasteiger partial charge in [0.1, 0.15) is 10.6 Å². The topological polar surface area (TPSA) is 88.6 Å². The minimum absolute atomic E-state index is 0.124. The number of piperazine rings is 1. The zero-order valence-electron chi connectivity index (χ0n) is 16.3. The van der Waals surface area contributed by atoms with Crippen molar-refractivity contribution < 1.29 is 13.2 Å². The molecule has 0 bridgehead atoms. The van der Waals surface area contributed by atoms with Crippen LogP contribution in [-0.4, -0.2) is 54.3 Å². The molecule has 1 amide bonds. The lowest BCUT2D eigenvalue weighted by Gasteiger charge is -2.37. The Bertz CT molecular complexity index is 1020. The average Bonchev–Trinajstić information content (AvgIpc) is 3.25. The van der Waals surface area contributed by atoms with Crippen LogP contribution in [0.5, 0.6) is 0 Å². The molecule has 1 fully saturated rings. The average molecular weight is 403 g/mol. The first-order valence-electron chi connectivity index (χ1n) is 9.57. The number of carbonyl (C=O) groups is 1. The third kappa shape index (κ3) is 3.25. The minimum atomic E-state index is -3.63. The van der Waals surface area contributed by atoms with E-state index >= 15 is 0 Å². The fraction of sp³-hybridized carbons (Fsp3) is 0.450. The highest BCUT2D eigenvalue weighted by Gasteiger charge is 2.34. The van der Waals surface area contributed by atoms with Crippen LogP contribution in [0.1, 0.15) is 39.6 Å². The van der Waals surface area contributed by atoms with Gasteiger partial charge in [-0.25, -0.2) is 8.42 Å². The Morgan fingerprint density at radius 2 is 1.86 bits per heavy atom. The summed E-state index contributed by atoms with van der Waals surface area (Å²) in [5.41, 5.74) is 9.59. The molecular formula is C20H26N4O3S. The Hall–Kier alpha value is -2.16. The van der Waals surface area contributed by atoms with Crippen molar-refractivity contribution in [2.45, 2.75) is 30.7 Å². The molecule has 8 heteroatoms. The number of hydrogen-bond donors (Lipinski definition) is 1. The van der Waals surface area contributed by atoms with Crippen LogP contribution in [0, 0.1) is 6.92 Å². The number of benzene rings is 1. The summed E-state index contributed by atoms with van der Waals surface area (Å²) in [4.78, 5) is 14.0. The Kier molecular flexibility index (Phi) is 4.81. The van der Waals surface area contributed by atoms with Crippen molar-refractivity contribution in [2.24, 2.45) is 12.8 Å². The van der Waals surface area contributed by atoms with Crippen molar-refractivity contribution in [3.63, 3.8) is 0 Å². The summed E-state index contributed by atoms with van der Waals surface area (Å²) >= 11 is 0. The van der Waals surface area contributed by atoms with E-state index in [1.807, 2.05) is 0 Å². The lowest BCUT2D eigenvalue weighted by atomic mass is 10.0. The van der Waals surface area contributed by atoms with Crippen LogP contribution >= 0.6 is 0 Å². The van der Waals surface area contributed by atoms with Gasteiger partial charge in [0, 0.05) is 45.5 Å². The second-order valence-electron chi connectivity index (χ2n) is 7.73. The van der Waals surface area contributed by atoms with E-state index in [2.05, 4.69) is 30.0 Å². The predicted molar refractivity (Wildman–Crippen MR) is 107 cm³/mol. The lowest BCUT2D eigenvalue weighted by Crippen LogP contribution is -2.49. The number of rotatable bonds is 4. The Morgan fingerprint density at radius 3 is 2.50 bits per heavy atom. The Balaban J connectivity index is 1.47. The molecule has 1 aliphatic carbocycles. The van der Waals surface area contributed by atoms with Crippen molar-refractivity contribution >= 4 is 15.9 Å². The van der Waals surface area contributed by atoms with Gasteiger partial charge in [0.25, 0.3) is 5.91 Å². The number of nitrogens with two attached hydrogens (primary N) is 1. The first-order valence-corrected chi connectivity index (χ1v) is 11.0. The molecule has 1 aliphatic heterocycles.